The molecule has 0 aliphatic carbocycles. The second kappa shape index (κ2) is 10.1. The standard InChI is InChI=1S/C23H21FN2O6S/c1-31-18-10-12-19(13-11-18)33(29,30)26(21-9-4-3-8-20(21)24)15-22(27)25-17-7-5-6-16(14-17)23(28)32-2/h3-14H,15H2,1-2H3,(H,25,27). The van der Waals surface area contributed by atoms with Crippen LogP contribution in [0.2, 0.25) is 0 Å². The van der Waals surface area contributed by atoms with Crippen molar-refractivity contribution in [2.45, 2.75) is 4.90 Å². The molecular weight excluding hydrogens is 451 g/mol. The Morgan fingerprint density at radius 1 is 0.970 bits per heavy atom. The topological polar surface area (TPSA) is 102 Å². The smallest absolute Gasteiger partial charge is 0.337 e. The first-order valence-corrected chi connectivity index (χ1v) is 11.1. The Kier molecular flexibility index (Phi) is 7.29. The number of benzene rings is 3. The lowest BCUT2D eigenvalue weighted by molar-refractivity contribution is -0.114. The van der Waals surface area contributed by atoms with Crippen molar-refractivity contribution in [3.63, 3.8) is 0 Å². The van der Waals surface area contributed by atoms with Crippen LogP contribution in [0.15, 0.2) is 77.7 Å². The number of rotatable bonds is 8. The molecule has 0 radical (unpaired) electrons. The first-order chi connectivity index (χ1) is 15.8. The second-order valence-electron chi connectivity index (χ2n) is 6.76. The number of carbonyl (C=O) groups is 2. The number of esters is 1. The van der Waals surface area contributed by atoms with E-state index >= 15 is 0 Å². The number of para-hydroxylation sites is 1. The van der Waals surface area contributed by atoms with Crippen LogP contribution < -0.4 is 14.4 Å². The maximum atomic E-state index is 14.6. The summed E-state index contributed by atoms with van der Waals surface area (Å²) in [5.74, 6) is -1.71. The van der Waals surface area contributed by atoms with Gasteiger partial charge in [0.15, 0.2) is 0 Å². The van der Waals surface area contributed by atoms with E-state index in [4.69, 9.17) is 4.74 Å². The Labute approximate surface area is 190 Å². The summed E-state index contributed by atoms with van der Waals surface area (Å²) in [6.45, 7) is -0.711. The number of amides is 1. The molecule has 0 saturated carbocycles. The number of carbonyl (C=O) groups excluding carboxylic acids is 2. The van der Waals surface area contributed by atoms with E-state index in [0.717, 1.165) is 6.07 Å². The molecule has 1 amide bonds. The molecule has 0 heterocycles. The summed E-state index contributed by atoms with van der Waals surface area (Å²) in [6.07, 6.45) is 0. The van der Waals surface area contributed by atoms with Crippen LogP contribution in [-0.4, -0.2) is 41.1 Å². The third-order valence-electron chi connectivity index (χ3n) is 4.62. The first kappa shape index (κ1) is 23.7. The van der Waals surface area contributed by atoms with E-state index in [1.54, 1.807) is 0 Å². The SMILES string of the molecule is COC(=O)c1cccc(NC(=O)CN(c2ccccc2F)S(=O)(=O)c2ccc(OC)cc2)c1. The normalized spacial score (nSPS) is 10.9. The van der Waals surface area contributed by atoms with Gasteiger partial charge in [-0.3, -0.25) is 9.10 Å². The Morgan fingerprint density at radius 3 is 2.30 bits per heavy atom. The molecule has 0 fully saturated rings. The Bertz CT molecular complexity index is 1260. The third kappa shape index (κ3) is 5.47. The van der Waals surface area contributed by atoms with E-state index < -0.39 is 34.3 Å². The summed E-state index contributed by atoms with van der Waals surface area (Å²) in [5, 5.41) is 2.53. The summed E-state index contributed by atoms with van der Waals surface area (Å²) < 4.78 is 51.6. The van der Waals surface area contributed by atoms with Crippen molar-refractivity contribution in [2.75, 3.05) is 30.4 Å². The number of hydrogen-bond acceptors (Lipinski definition) is 6. The predicted molar refractivity (Wildman–Crippen MR) is 120 cm³/mol. The molecule has 33 heavy (non-hydrogen) atoms. The van der Waals surface area contributed by atoms with Crippen molar-refractivity contribution in [1.82, 2.24) is 0 Å². The van der Waals surface area contributed by atoms with Gasteiger partial charge in [0.25, 0.3) is 10.0 Å². The van der Waals surface area contributed by atoms with Crippen molar-refractivity contribution < 1.29 is 31.9 Å². The van der Waals surface area contributed by atoms with Crippen LogP contribution in [0.1, 0.15) is 10.4 Å². The van der Waals surface area contributed by atoms with Gasteiger partial charge in [0.2, 0.25) is 5.91 Å². The van der Waals surface area contributed by atoms with Gasteiger partial charge in [0.1, 0.15) is 18.1 Å². The van der Waals surface area contributed by atoms with Crippen LogP contribution in [0.4, 0.5) is 15.8 Å². The maximum Gasteiger partial charge on any atom is 0.337 e. The Hall–Kier alpha value is -3.92. The van der Waals surface area contributed by atoms with Gasteiger partial charge in [-0.1, -0.05) is 18.2 Å². The highest BCUT2D eigenvalue weighted by molar-refractivity contribution is 7.92. The quantitative estimate of drug-likeness (QED) is 0.504. The van der Waals surface area contributed by atoms with Crippen LogP contribution >= 0.6 is 0 Å². The molecule has 3 aromatic carbocycles. The van der Waals surface area contributed by atoms with Crippen molar-refractivity contribution >= 4 is 33.3 Å². The number of anilines is 2. The van der Waals surface area contributed by atoms with Crippen LogP contribution in [0.3, 0.4) is 0 Å². The molecule has 0 bridgehead atoms. The third-order valence-corrected chi connectivity index (χ3v) is 6.40. The fraction of sp³-hybridized carbons (Fsp3) is 0.130. The lowest BCUT2D eigenvalue weighted by atomic mass is 10.2. The molecule has 0 spiro atoms. The van der Waals surface area contributed by atoms with Crippen molar-refractivity contribution in [2.24, 2.45) is 0 Å². The minimum absolute atomic E-state index is 0.146. The highest BCUT2D eigenvalue weighted by Gasteiger charge is 2.29. The molecule has 0 saturated heterocycles. The van der Waals surface area contributed by atoms with Gasteiger partial charge in [-0.15, -0.1) is 0 Å². The number of hydrogen-bond donors (Lipinski definition) is 1. The van der Waals surface area contributed by atoms with E-state index in [9.17, 15) is 22.4 Å². The molecule has 3 aromatic rings. The monoisotopic (exact) mass is 472 g/mol. The van der Waals surface area contributed by atoms with Crippen molar-refractivity contribution in [1.29, 1.82) is 0 Å². The van der Waals surface area contributed by atoms with E-state index in [-0.39, 0.29) is 21.8 Å². The largest absolute Gasteiger partial charge is 0.497 e. The molecule has 172 valence electrons. The summed E-state index contributed by atoms with van der Waals surface area (Å²) in [5.41, 5.74) is 0.164. The summed E-state index contributed by atoms with van der Waals surface area (Å²) in [4.78, 5) is 24.3. The van der Waals surface area contributed by atoms with E-state index in [0.29, 0.717) is 10.1 Å². The minimum Gasteiger partial charge on any atom is -0.497 e. The molecule has 8 nitrogen and oxygen atoms in total. The molecule has 0 aromatic heterocycles. The van der Waals surface area contributed by atoms with Gasteiger partial charge in [0.05, 0.1) is 30.4 Å². The molecule has 3 rings (SSSR count). The van der Waals surface area contributed by atoms with Crippen LogP contribution in [0.5, 0.6) is 5.75 Å². The zero-order valence-electron chi connectivity index (χ0n) is 17.8. The number of methoxy groups -OCH3 is 2. The molecule has 0 atom stereocenters. The molecule has 0 aliphatic heterocycles. The molecular formula is C23H21FN2O6S. The predicted octanol–water partition coefficient (Wildman–Crippen LogP) is 3.45. The Balaban J connectivity index is 1.93. The number of ether oxygens (including phenoxy) is 2. The summed E-state index contributed by atoms with van der Waals surface area (Å²) in [7, 11) is -1.65. The zero-order valence-corrected chi connectivity index (χ0v) is 18.6. The van der Waals surface area contributed by atoms with Gasteiger partial charge in [-0.05, 0) is 54.6 Å². The maximum absolute atomic E-state index is 14.6. The molecule has 10 heteroatoms. The first-order valence-electron chi connectivity index (χ1n) is 9.66. The molecule has 1 N–H and O–H groups in total. The summed E-state index contributed by atoms with van der Waals surface area (Å²) in [6, 6.07) is 16.7. The van der Waals surface area contributed by atoms with E-state index in [1.807, 2.05) is 0 Å². The van der Waals surface area contributed by atoms with Crippen LogP contribution in [-0.2, 0) is 19.6 Å². The average molecular weight is 472 g/mol. The highest BCUT2D eigenvalue weighted by atomic mass is 32.2. The van der Waals surface area contributed by atoms with Gasteiger partial charge < -0.3 is 14.8 Å². The van der Waals surface area contributed by atoms with Crippen LogP contribution in [0.25, 0.3) is 0 Å². The number of halogens is 1. The van der Waals surface area contributed by atoms with Crippen molar-refractivity contribution in [3.05, 3.63) is 84.2 Å². The van der Waals surface area contributed by atoms with Gasteiger partial charge in [-0.25, -0.2) is 17.6 Å². The van der Waals surface area contributed by atoms with Gasteiger partial charge in [0, 0.05) is 5.69 Å². The second-order valence-corrected chi connectivity index (χ2v) is 8.62. The average Bonchev–Trinajstić information content (AvgIpc) is 2.82. The fourth-order valence-corrected chi connectivity index (χ4v) is 4.43. The lowest BCUT2D eigenvalue weighted by Gasteiger charge is -2.24. The summed E-state index contributed by atoms with van der Waals surface area (Å²) >= 11 is 0. The minimum atomic E-state index is -4.31. The number of nitrogens with one attached hydrogen (secondary N) is 1. The van der Waals surface area contributed by atoms with E-state index in [1.165, 1.54) is 80.9 Å². The van der Waals surface area contributed by atoms with Crippen molar-refractivity contribution in [3.8, 4) is 5.75 Å². The fourth-order valence-electron chi connectivity index (χ4n) is 3.00. The molecule has 0 aliphatic rings. The van der Waals surface area contributed by atoms with Crippen LogP contribution in [0, 0.1) is 5.82 Å². The van der Waals surface area contributed by atoms with Gasteiger partial charge in [-0.2, -0.15) is 0 Å². The lowest BCUT2D eigenvalue weighted by Crippen LogP contribution is -2.38. The number of nitrogens with zero attached hydrogens (tertiary/aromatic N) is 1. The van der Waals surface area contributed by atoms with Gasteiger partial charge >= 0.3 is 5.97 Å². The Morgan fingerprint density at radius 2 is 1.67 bits per heavy atom. The molecule has 0 unspecified atom stereocenters. The van der Waals surface area contributed by atoms with E-state index in [2.05, 4.69) is 10.1 Å². The zero-order chi connectivity index (χ0) is 24.0. The highest BCUT2D eigenvalue weighted by Crippen LogP contribution is 2.27. The number of sulfonamides is 1.